The van der Waals surface area contributed by atoms with Crippen LogP contribution in [0.5, 0.6) is 5.75 Å². The van der Waals surface area contributed by atoms with Crippen molar-refractivity contribution in [2.24, 2.45) is 5.73 Å². The average Bonchev–Trinajstić information content (AvgIpc) is 3.72. The van der Waals surface area contributed by atoms with Gasteiger partial charge in [-0.15, -0.1) is 5.10 Å². The Morgan fingerprint density at radius 1 is 1.12 bits per heavy atom. The largest absolute Gasteiger partial charge is 0.492 e. The maximum absolute atomic E-state index is 14.9. The highest BCUT2D eigenvalue weighted by Crippen LogP contribution is 2.26. The van der Waals surface area contributed by atoms with Crippen LogP contribution in [0.15, 0.2) is 47.3 Å². The van der Waals surface area contributed by atoms with Crippen LogP contribution in [-0.2, 0) is 11.3 Å². The Labute approximate surface area is 233 Å². The van der Waals surface area contributed by atoms with Crippen LogP contribution in [0.2, 0.25) is 0 Å². The number of carbonyl (C=O) groups excluding carboxylic acids is 1. The smallest absolute Gasteiger partial charge is 0.231 e. The predicted octanol–water partition coefficient (Wildman–Crippen LogP) is 0.731. The van der Waals surface area contributed by atoms with Crippen LogP contribution in [0, 0.1) is 5.82 Å². The fraction of sp³-hybridized carbons (Fsp3) is 0.346. The van der Waals surface area contributed by atoms with Crippen molar-refractivity contribution in [1.82, 2.24) is 39.3 Å². The molecule has 5 heterocycles. The van der Waals surface area contributed by atoms with Gasteiger partial charge in [-0.25, -0.2) is 14.4 Å². The molecule has 5 aromatic rings. The average molecular weight is 564 g/mol. The zero-order chi connectivity index (χ0) is 28.3. The highest BCUT2D eigenvalue weighted by Gasteiger charge is 2.21. The van der Waals surface area contributed by atoms with Crippen LogP contribution in [0.1, 0.15) is 0 Å². The number of halogens is 1. The SMILES string of the molecule is NC(=O)CNCCOc1ccc(N2CCN(CCn3cnc4c3nc(N)n3nc(-c5ccco5)nc43)CC2)c(F)c1. The number of imidazole rings is 1. The molecule has 0 unspecified atom stereocenters. The number of rotatable bonds is 11. The molecule has 1 aliphatic heterocycles. The van der Waals surface area contributed by atoms with E-state index in [0.717, 1.165) is 19.6 Å². The molecule has 0 saturated carbocycles. The van der Waals surface area contributed by atoms with Gasteiger partial charge in [0, 0.05) is 51.9 Å². The molecule has 5 N–H and O–H groups in total. The lowest BCUT2D eigenvalue weighted by molar-refractivity contribution is -0.117. The van der Waals surface area contributed by atoms with Gasteiger partial charge in [-0.2, -0.15) is 9.50 Å². The molecule has 1 fully saturated rings. The summed E-state index contributed by atoms with van der Waals surface area (Å²) in [5, 5.41) is 7.26. The van der Waals surface area contributed by atoms with Gasteiger partial charge in [0.05, 0.1) is 24.8 Å². The van der Waals surface area contributed by atoms with E-state index in [0.29, 0.717) is 72.6 Å². The molecule has 4 aromatic heterocycles. The maximum atomic E-state index is 14.9. The van der Waals surface area contributed by atoms with Gasteiger partial charge in [0.25, 0.3) is 0 Å². The second-order valence-electron chi connectivity index (χ2n) is 9.66. The molecule has 0 atom stereocenters. The Morgan fingerprint density at radius 3 is 2.73 bits per heavy atom. The summed E-state index contributed by atoms with van der Waals surface area (Å²) in [5.41, 5.74) is 13.6. The number of fused-ring (bicyclic) bond motifs is 3. The third kappa shape index (κ3) is 5.62. The van der Waals surface area contributed by atoms with Crippen molar-refractivity contribution in [3.8, 4) is 17.3 Å². The van der Waals surface area contributed by atoms with Gasteiger partial charge in [0.2, 0.25) is 17.7 Å². The standard InChI is InChI=1S/C26H30FN11O3/c27-18-14-17(40-13-5-30-15-21(28)39)3-4-19(18)36-9-6-35(7-10-36)8-11-37-16-31-22-24(37)33-26(29)38-25(22)32-23(34-38)20-2-1-12-41-20/h1-4,12,14,16,30H,5-11,13,15H2,(H2,28,39)(H2,29,33). The van der Waals surface area contributed by atoms with Crippen molar-refractivity contribution < 1.29 is 18.3 Å². The van der Waals surface area contributed by atoms with Gasteiger partial charge in [0.1, 0.15) is 18.2 Å². The van der Waals surface area contributed by atoms with Crippen molar-refractivity contribution in [1.29, 1.82) is 0 Å². The Hall–Kier alpha value is -4.76. The minimum absolute atomic E-state index is 0.0769. The Bertz CT molecular complexity index is 1660. The molecule has 1 aliphatic rings. The van der Waals surface area contributed by atoms with Crippen LogP contribution >= 0.6 is 0 Å². The molecule has 1 saturated heterocycles. The first-order chi connectivity index (χ1) is 20.0. The monoisotopic (exact) mass is 563 g/mol. The number of aromatic nitrogens is 6. The summed E-state index contributed by atoms with van der Waals surface area (Å²) in [7, 11) is 0. The van der Waals surface area contributed by atoms with E-state index in [1.165, 1.54) is 10.6 Å². The normalized spacial score (nSPS) is 14.3. The molecule has 214 valence electrons. The minimum Gasteiger partial charge on any atom is -0.492 e. The summed E-state index contributed by atoms with van der Waals surface area (Å²) in [5.74, 6) is 0.836. The van der Waals surface area contributed by atoms with Crippen LogP contribution in [0.25, 0.3) is 28.4 Å². The number of anilines is 2. The summed E-state index contributed by atoms with van der Waals surface area (Å²) < 4.78 is 29.3. The summed E-state index contributed by atoms with van der Waals surface area (Å²) in [6.45, 7) is 5.20. The highest BCUT2D eigenvalue weighted by molar-refractivity contribution is 5.87. The molecular formula is C26H30FN11O3. The number of primary amides is 1. The second kappa shape index (κ2) is 11.4. The van der Waals surface area contributed by atoms with Gasteiger partial charge in [-0.05, 0) is 24.3 Å². The van der Waals surface area contributed by atoms with Gasteiger partial charge < -0.3 is 35.4 Å². The number of hydrogen-bond donors (Lipinski definition) is 3. The van der Waals surface area contributed by atoms with Crippen molar-refractivity contribution in [2.75, 3.05) is 63.1 Å². The molecule has 0 bridgehead atoms. The van der Waals surface area contributed by atoms with Crippen molar-refractivity contribution in [3.63, 3.8) is 0 Å². The zero-order valence-electron chi connectivity index (χ0n) is 22.2. The highest BCUT2D eigenvalue weighted by atomic mass is 19.1. The summed E-state index contributed by atoms with van der Waals surface area (Å²) >= 11 is 0. The molecule has 0 aliphatic carbocycles. The zero-order valence-corrected chi connectivity index (χ0v) is 22.2. The van der Waals surface area contributed by atoms with Crippen LogP contribution in [0.3, 0.4) is 0 Å². The Kier molecular flexibility index (Phi) is 7.35. The number of nitrogen functional groups attached to an aromatic ring is 1. The van der Waals surface area contributed by atoms with E-state index in [1.54, 1.807) is 36.9 Å². The fourth-order valence-electron chi connectivity index (χ4n) is 4.85. The van der Waals surface area contributed by atoms with Crippen molar-refractivity contribution >= 4 is 34.4 Å². The van der Waals surface area contributed by atoms with Crippen molar-refractivity contribution in [2.45, 2.75) is 6.54 Å². The summed E-state index contributed by atoms with van der Waals surface area (Å²) in [4.78, 5) is 28.8. The third-order valence-corrected chi connectivity index (χ3v) is 6.94. The van der Waals surface area contributed by atoms with E-state index in [2.05, 4.69) is 30.3 Å². The molecule has 14 nitrogen and oxygen atoms in total. The van der Waals surface area contributed by atoms with E-state index in [1.807, 2.05) is 9.47 Å². The lowest BCUT2D eigenvalue weighted by Crippen LogP contribution is -2.47. The number of hydrogen-bond acceptors (Lipinski definition) is 11. The van der Waals surface area contributed by atoms with Crippen LogP contribution < -0.4 is 26.4 Å². The number of nitrogens with zero attached hydrogens (tertiary/aromatic N) is 8. The summed E-state index contributed by atoms with van der Waals surface area (Å²) in [6.07, 6.45) is 3.30. The maximum Gasteiger partial charge on any atom is 0.231 e. The van der Waals surface area contributed by atoms with Crippen molar-refractivity contribution in [3.05, 3.63) is 48.7 Å². The number of carbonyl (C=O) groups is 1. The Balaban J connectivity index is 1.04. The number of benzene rings is 1. The number of nitrogens with one attached hydrogen (secondary N) is 1. The minimum atomic E-state index is -0.438. The molecule has 6 rings (SSSR count). The van der Waals surface area contributed by atoms with E-state index in [4.69, 9.17) is 20.6 Å². The number of ether oxygens (including phenoxy) is 1. The number of furan rings is 1. The van der Waals surface area contributed by atoms with E-state index in [-0.39, 0.29) is 18.3 Å². The third-order valence-electron chi connectivity index (χ3n) is 6.94. The van der Waals surface area contributed by atoms with E-state index >= 15 is 0 Å². The molecular weight excluding hydrogens is 533 g/mol. The molecule has 41 heavy (non-hydrogen) atoms. The number of nitrogens with two attached hydrogens (primary N) is 2. The van der Waals surface area contributed by atoms with E-state index in [9.17, 15) is 9.18 Å². The van der Waals surface area contributed by atoms with Crippen LogP contribution in [-0.4, -0.2) is 92.4 Å². The summed E-state index contributed by atoms with van der Waals surface area (Å²) in [6, 6.07) is 8.44. The van der Waals surface area contributed by atoms with Crippen LogP contribution in [0.4, 0.5) is 16.0 Å². The fourth-order valence-corrected chi connectivity index (χ4v) is 4.85. The number of amides is 1. The predicted molar refractivity (Wildman–Crippen MR) is 149 cm³/mol. The lowest BCUT2D eigenvalue weighted by Gasteiger charge is -2.36. The van der Waals surface area contributed by atoms with Gasteiger partial charge >= 0.3 is 0 Å². The lowest BCUT2D eigenvalue weighted by atomic mass is 10.2. The molecule has 1 aromatic carbocycles. The molecule has 0 radical (unpaired) electrons. The Morgan fingerprint density at radius 2 is 1.98 bits per heavy atom. The first-order valence-corrected chi connectivity index (χ1v) is 13.3. The second-order valence-corrected chi connectivity index (χ2v) is 9.66. The first-order valence-electron chi connectivity index (χ1n) is 13.3. The number of piperazine rings is 1. The topological polar surface area (TPSA) is 171 Å². The molecule has 1 amide bonds. The van der Waals surface area contributed by atoms with Gasteiger partial charge in [-0.1, -0.05) is 0 Å². The molecule has 0 spiro atoms. The molecule has 15 heteroatoms. The first kappa shape index (κ1) is 26.5. The quantitative estimate of drug-likeness (QED) is 0.194. The van der Waals surface area contributed by atoms with E-state index < -0.39 is 5.91 Å². The van der Waals surface area contributed by atoms with Gasteiger partial charge in [-0.3, -0.25) is 9.69 Å². The van der Waals surface area contributed by atoms with Gasteiger partial charge in [0.15, 0.2) is 22.6 Å².